The number of benzene rings is 2. The first-order valence-electron chi connectivity index (χ1n) is 6.81. The molecule has 0 amide bonds. The zero-order chi connectivity index (χ0) is 17.3. The fourth-order valence-electron chi connectivity index (χ4n) is 2.30. The number of aromatic nitrogens is 2. The first-order chi connectivity index (χ1) is 11.4. The number of rotatable bonds is 2. The Morgan fingerprint density at radius 1 is 1.08 bits per heavy atom. The predicted octanol–water partition coefficient (Wildman–Crippen LogP) is 5.03. The van der Waals surface area contributed by atoms with E-state index in [4.69, 9.17) is 5.26 Å². The predicted molar refractivity (Wildman–Crippen MR) is 91.4 cm³/mol. The number of hydrogen-bond acceptors (Lipinski definition) is 2. The molecule has 0 spiro atoms. The van der Waals surface area contributed by atoms with Gasteiger partial charge in [-0.15, -0.1) is 0 Å². The van der Waals surface area contributed by atoms with Gasteiger partial charge in [0.2, 0.25) is 0 Å². The second-order valence-corrected chi connectivity index (χ2v) is 6.16. The first-order valence-corrected chi connectivity index (χ1v) is 7.89. The zero-order valence-corrected chi connectivity index (χ0v) is 14.2. The van der Waals surface area contributed by atoms with E-state index >= 15 is 0 Å². The molecule has 0 unspecified atom stereocenters. The van der Waals surface area contributed by atoms with E-state index < -0.39 is 11.7 Å². The molecule has 0 aliphatic carbocycles. The van der Waals surface area contributed by atoms with E-state index in [1.165, 1.54) is 6.07 Å². The monoisotopic (exact) mass is 439 g/mol. The fourth-order valence-corrected chi connectivity index (χ4v) is 2.98. The van der Waals surface area contributed by atoms with Crippen molar-refractivity contribution >= 4 is 22.6 Å². The van der Waals surface area contributed by atoms with Crippen LogP contribution >= 0.6 is 22.6 Å². The van der Waals surface area contributed by atoms with Gasteiger partial charge in [-0.1, -0.05) is 24.3 Å². The maximum absolute atomic E-state index is 12.8. The molecule has 7 heteroatoms. The molecule has 3 rings (SSSR count). The van der Waals surface area contributed by atoms with Crippen molar-refractivity contribution < 1.29 is 13.2 Å². The van der Waals surface area contributed by atoms with Crippen molar-refractivity contribution in [2.75, 3.05) is 0 Å². The molecule has 2 aromatic carbocycles. The van der Waals surface area contributed by atoms with E-state index in [1.807, 2.05) is 30.3 Å². The summed E-state index contributed by atoms with van der Waals surface area (Å²) in [6, 6.07) is 14.4. The van der Waals surface area contributed by atoms with E-state index in [9.17, 15) is 13.2 Å². The number of nitrogens with zero attached hydrogens (tertiary/aromatic N) is 3. The molecule has 0 aliphatic rings. The summed E-state index contributed by atoms with van der Waals surface area (Å²) in [6.07, 6.45) is -2.76. The van der Waals surface area contributed by atoms with E-state index in [2.05, 4.69) is 27.7 Å². The first kappa shape index (κ1) is 16.5. The molecule has 3 nitrogen and oxygen atoms in total. The van der Waals surface area contributed by atoms with Gasteiger partial charge in [0, 0.05) is 15.3 Å². The summed E-state index contributed by atoms with van der Waals surface area (Å²) >= 11 is 2.16. The van der Waals surface area contributed by atoms with Crippen molar-refractivity contribution in [1.29, 1.82) is 5.26 Å². The largest absolute Gasteiger partial charge is 0.419 e. The quantitative estimate of drug-likeness (QED) is 0.526. The van der Waals surface area contributed by atoms with Crippen molar-refractivity contribution in [1.82, 2.24) is 9.78 Å². The van der Waals surface area contributed by atoms with Crippen LogP contribution in [0.25, 0.3) is 16.8 Å². The van der Waals surface area contributed by atoms with E-state index in [-0.39, 0.29) is 0 Å². The smallest absolute Gasteiger partial charge is 0.240 e. The second kappa shape index (κ2) is 6.28. The van der Waals surface area contributed by atoms with E-state index in [0.29, 0.717) is 16.8 Å². The van der Waals surface area contributed by atoms with E-state index in [0.717, 1.165) is 26.2 Å². The SMILES string of the molecule is N#Cc1ccc(-c2ccccc2I)c(-n2cc(C(F)(F)F)cn2)c1. The van der Waals surface area contributed by atoms with Crippen LogP contribution < -0.4 is 0 Å². The summed E-state index contributed by atoms with van der Waals surface area (Å²) in [4.78, 5) is 0. The summed E-state index contributed by atoms with van der Waals surface area (Å²) in [5, 5.41) is 12.9. The molecule has 1 aromatic heterocycles. The highest BCUT2D eigenvalue weighted by Gasteiger charge is 2.32. The van der Waals surface area contributed by atoms with Crippen LogP contribution in [0.3, 0.4) is 0 Å². The van der Waals surface area contributed by atoms with Crippen LogP contribution in [0.1, 0.15) is 11.1 Å². The Kier molecular flexibility index (Phi) is 4.32. The van der Waals surface area contributed by atoms with Gasteiger partial charge in [0.25, 0.3) is 0 Å². The molecule has 0 fully saturated rings. The summed E-state index contributed by atoms with van der Waals surface area (Å²) in [7, 11) is 0. The number of nitriles is 1. The Labute approximate surface area is 149 Å². The van der Waals surface area contributed by atoms with Gasteiger partial charge < -0.3 is 0 Å². The van der Waals surface area contributed by atoms with Gasteiger partial charge in [0.05, 0.1) is 29.1 Å². The second-order valence-electron chi connectivity index (χ2n) is 4.99. The average Bonchev–Trinajstić information content (AvgIpc) is 3.05. The van der Waals surface area contributed by atoms with Crippen molar-refractivity contribution in [3.63, 3.8) is 0 Å². The van der Waals surface area contributed by atoms with Crippen LogP contribution in [0, 0.1) is 14.9 Å². The molecule has 0 bridgehead atoms. The lowest BCUT2D eigenvalue weighted by atomic mass is 10.0. The molecular weight excluding hydrogens is 430 g/mol. The zero-order valence-electron chi connectivity index (χ0n) is 12.0. The standard InChI is InChI=1S/C17H9F3IN3/c18-17(19,20)12-9-23-24(10-12)16-7-11(8-22)5-6-14(16)13-3-1-2-4-15(13)21/h1-7,9-10H. The van der Waals surface area contributed by atoms with E-state index in [1.54, 1.807) is 12.1 Å². The highest BCUT2D eigenvalue weighted by molar-refractivity contribution is 14.1. The minimum absolute atomic E-state index is 0.351. The van der Waals surface area contributed by atoms with Gasteiger partial charge in [0.1, 0.15) is 0 Å². The lowest BCUT2D eigenvalue weighted by Crippen LogP contribution is -2.03. The lowest BCUT2D eigenvalue weighted by Gasteiger charge is -2.12. The maximum Gasteiger partial charge on any atom is 0.419 e. The highest BCUT2D eigenvalue weighted by atomic mass is 127. The van der Waals surface area contributed by atoms with Gasteiger partial charge in [-0.25, -0.2) is 4.68 Å². The summed E-state index contributed by atoms with van der Waals surface area (Å²) in [5.41, 5.74) is 1.51. The van der Waals surface area contributed by atoms with Crippen LogP contribution in [0.15, 0.2) is 54.9 Å². The number of hydrogen-bond donors (Lipinski definition) is 0. The molecule has 0 radical (unpaired) electrons. The molecule has 0 atom stereocenters. The molecule has 0 saturated carbocycles. The lowest BCUT2D eigenvalue weighted by molar-refractivity contribution is -0.137. The topological polar surface area (TPSA) is 41.6 Å². The normalized spacial score (nSPS) is 11.3. The van der Waals surface area contributed by atoms with Gasteiger partial charge in [0.15, 0.2) is 0 Å². The van der Waals surface area contributed by atoms with Crippen LogP contribution in [0.2, 0.25) is 0 Å². The summed E-state index contributed by atoms with van der Waals surface area (Å²) < 4.78 is 40.6. The minimum Gasteiger partial charge on any atom is -0.240 e. The molecule has 0 aliphatic heterocycles. The number of alkyl halides is 3. The molecular formula is C17H9F3IN3. The molecule has 0 N–H and O–H groups in total. The van der Waals surface area contributed by atoms with Crippen molar-refractivity contribution in [3.8, 4) is 22.9 Å². The van der Waals surface area contributed by atoms with Crippen molar-refractivity contribution in [3.05, 3.63) is 69.6 Å². The fraction of sp³-hybridized carbons (Fsp3) is 0.0588. The molecule has 1 heterocycles. The third kappa shape index (κ3) is 3.14. The Balaban J connectivity index is 2.21. The summed E-state index contributed by atoms with van der Waals surface area (Å²) in [5.74, 6) is 0. The van der Waals surface area contributed by atoms with Crippen LogP contribution in [0.4, 0.5) is 13.2 Å². The highest BCUT2D eigenvalue weighted by Crippen LogP contribution is 2.33. The third-order valence-electron chi connectivity index (χ3n) is 3.45. The summed E-state index contributed by atoms with van der Waals surface area (Å²) in [6.45, 7) is 0. The van der Waals surface area contributed by atoms with Crippen LogP contribution in [-0.4, -0.2) is 9.78 Å². The molecule has 0 saturated heterocycles. The van der Waals surface area contributed by atoms with Gasteiger partial charge in [-0.2, -0.15) is 23.5 Å². The Hall–Kier alpha value is -2.34. The average molecular weight is 439 g/mol. The van der Waals surface area contributed by atoms with Crippen LogP contribution in [-0.2, 0) is 6.18 Å². The molecule has 120 valence electrons. The number of halogens is 4. The van der Waals surface area contributed by atoms with Gasteiger partial charge in [-0.3, -0.25) is 0 Å². The maximum atomic E-state index is 12.8. The minimum atomic E-state index is -4.47. The van der Waals surface area contributed by atoms with Gasteiger partial charge >= 0.3 is 6.18 Å². The Bertz CT molecular complexity index is 939. The van der Waals surface area contributed by atoms with Crippen LogP contribution in [0.5, 0.6) is 0 Å². The van der Waals surface area contributed by atoms with Crippen molar-refractivity contribution in [2.24, 2.45) is 0 Å². The Morgan fingerprint density at radius 2 is 1.83 bits per heavy atom. The Morgan fingerprint density at radius 3 is 2.46 bits per heavy atom. The molecule has 3 aromatic rings. The van der Waals surface area contributed by atoms with Gasteiger partial charge in [-0.05, 0) is 46.4 Å². The third-order valence-corrected chi connectivity index (χ3v) is 4.39. The molecule has 24 heavy (non-hydrogen) atoms. The van der Waals surface area contributed by atoms with Crippen molar-refractivity contribution in [2.45, 2.75) is 6.18 Å².